The van der Waals surface area contributed by atoms with Crippen LogP contribution in [-0.4, -0.2) is 56.3 Å². The molecule has 0 aliphatic carbocycles. The van der Waals surface area contributed by atoms with Crippen LogP contribution in [0.4, 0.5) is 4.79 Å². The molecular formula is C13H20N4O3. The van der Waals surface area contributed by atoms with E-state index in [9.17, 15) is 14.7 Å². The third-order valence-corrected chi connectivity index (χ3v) is 3.54. The highest BCUT2D eigenvalue weighted by atomic mass is 16.4. The van der Waals surface area contributed by atoms with Gasteiger partial charge < -0.3 is 14.9 Å². The van der Waals surface area contributed by atoms with Crippen molar-refractivity contribution in [2.75, 3.05) is 13.6 Å². The van der Waals surface area contributed by atoms with Gasteiger partial charge >= 0.3 is 12.0 Å². The monoisotopic (exact) mass is 280 g/mol. The summed E-state index contributed by atoms with van der Waals surface area (Å²) in [6.45, 7) is 0.933. The summed E-state index contributed by atoms with van der Waals surface area (Å²) in [6, 6.07) is -0.937. The van der Waals surface area contributed by atoms with Gasteiger partial charge in [0.05, 0.1) is 12.7 Å². The Morgan fingerprint density at radius 2 is 2.25 bits per heavy atom. The van der Waals surface area contributed by atoms with Crippen molar-refractivity contribution < 1.29 is 14.7 Å². The van der Waals surface area contributed by atoms with Gasteiger partial charge in [0, 0.05) is 32.4 Å². The van der Waals surface area contributed by atoms with Crippen molar-refractivity contribution >= 4 is 12.0 Å². The standard InChI is InChI=1S/C13H20N4O3/c1-15(8-10-7-14-16(2)9-10)13(20)17-6-4-3-5-11(17)12(18)19/h7,9,11H,3-6,8H2,1-2H3,(H,18,19). The minimum Gasteiger partial charge on any atom is -0.480 e. The molecule has 0 bridgehead atoms. The number of aryl methyl sites for hydroxylation is 1. The maximum absolute atomic E-state index is 12.4. The van der Waals surface area contributed by atoms with E-state index in [0.717, 1.165) is 18.4 Å². The van der Waals surface area contributed by atoms with Gasteiger partial charge in [0.1, 0.15) is 6.04 Å². The van der Waals surface area contributed by atoms with Crippen LogP contribution in [0.3, 0.4) is 0 Å². The van der Waals surface area contributed by atoms with Crippen molar-refractivity contribution in [1.29, 1.82) is 0 Å². The van der Waals surface area contributed by atoms with Gasteiger partial charge in [-0.1, -0.05) is 0 Å². The molecule has 20 heavy (non-hydrogen) atoms. The Bertz CT molecular complexity index is 500. The molecule has 0 spiro atoms. The fourth-order valence-corrected chi connectivity index (χ4v) is 2.53. The van der Waals surface area contributed by atoms with Gasteiger partial charge in [-0.2, -0.15) is 5.10 Å². The molecule has 0 saturated carbocycles. The number of carbonyl (C=O) groups is 2. The molecular weight excluding hydrogens is 260 g/mol. The molecule has 2 amide bonds. The summed E-state index contributed by atoms with van der Waals surface area (Å²) < 4.78 is 1.68. The summed E-state index contributed by atoms with van der Waals surface area (Å²) in [5.41, 5.74) is 0.923. The van der Waals surface area contributed by atoms with E-state index < -0.39 is 12.0 Å². The molecule has 7 heteroatoms. The predicted molar refractivity (Wildman–Crippen MR) is 72.1 cm³/mol. The lowest BCUT2D eigenvalue weighted by Gasteiger charge is -2.35. The molecule has 0 radical (unpaired) electrons. The van der Waals surface area contributed by atoms with E-state index in [2.05, 4.69) is 5.10 Å². The summed E-state index contributed by atoms with van der Waals surface area (Å²) in [7, 11) is 3.50. The number of aromatic nitrogens is 2. The number of carboxylic acid groups (broad SMARTS) is 1. The Labute approximate surface area is 117 Å². The number of nitrogens with zero attached hydrogens (tertiary/aromatic N) is 4. The molecule has 7 nitrogen and oxygen atoms in total. The molecule has 1 aliphatic rings. The van der Waals surface area contributed by atoms with E-state index in [0.29, 0.717) is 19.5 Å². The minimum absolute atomic E-state index is 0.235. The Morgan fingerprint density at radius 3 is 2.85 bits per heavy atom. The van der Waals surface area contributed by atoms with E-state index in [1.54, 1.807) is 17.9 Å². The lowest BCUT2D eigenvalue weighted by atomic mass is 10.0. The Morgan fingerprint density at radius 1 is 1.50 bits per heavy atom. The van der Waals surface area contributed by atoms with Crippen LogP contribution >= 0.6 is 0 Å². The molecule has 1 unspecified atom stereocenters. The average Bonchev–Trinajstić information content (AvgIpc) is 2.83. The van der Waals surface area contributed by atoms with Crippen molar-refractivity contribution in [2.45, 2.75) is 31.8 Å². The Hall–Kier alpha value is -2.05. The number of hydrogen-bond acceptors (Lipinski definition) is 3. The molecule has 2 heterocycles. The number of amides is 2. The quantitative estimate of drug-likeness (QED) is 0.892. The van der Waals surface area contributed by atoms with Crippen molar-refractivity contribution in [3.8, 4) is 0 Å². The van der Waals surface area contributed by atoms with Crippen LogP contribution in [-0.2, 0) is 18.4 Å². The first-order chi connectivity index (χ1) is 9.49. The summed E-state index contributed by atoms with van der Waals surface area (Å²) in [6.07, 6.45) is 5.79. The summed E-state index contributed by atoms with van der Waals surface area (Å²) in [5.74, 6) is -0.923. The first-order valence-corrected chi connectivity index (χ1v) is 6.71. The highest BCUT2D eigenvalue weighted by molar-refractivity contribution is 5.82. The number of rotatable bonds is 3. The smallest absolute Gasteiger partial charge is 0.326 e. The third kappa shape index (κ3) is 3.09. The largest absolute Gasteiger partial charge is 0.480 e. The second kappa shape index (κ2) is 5.94. The Balaban J connectivity index is 2.02. The molecule has 2 rings (SSSR count). The number of likely N-dealkylation sites (tertiary alicyclic amines) is 1. The lowest BCUT2D eigenvalue weighted by Crippen LogP contribution is -2.52. The number of piperidine rings is 1. The van der Waals surface area contributed by atoms with Gasteiger partial charge in [-0.05, 0) is 19.3 Å². The molecule has 1 atom stereocenters. The maximum Gasteiger partial charge on any atom is 0.326 e. The van der Waals surface area contributed by atoms with E-state index in [-0.39, 0.29) is 6.03 Å². The van der Waals surface area contributed by atoms with E-state index in [4.69, 9.17) is 0 Å². The zero-order chi connectivity index (χ0) is 14.7. The number of urea groups is 1. The second-order valence-corrected chi connectivity index (χ2v) is 5.20. The third-order valence-electron chi connectivity index (χ3n) is 3.54. The highest BCUT2D eigenvalue weighted by Gasteiger charge is 2.33. The van der Waals surface area contributed by atoms with Crippen molar-refractivity contribution in [3.63, 3.8) is 0 Å². The molecule has 1 aliphatic heterocycles. The van der Waals surface area contributed by atoms with Crippen molar-refractivity contribution in [1.82, 2.24) is 19.6 Å². The zero-order valence-electron chi connectivity index (χ0n) is 11.8. The highest BCUT2D eigenvalue weighted by Crippen LogP contribution is 2.19. The predicted octanol–water partition coefficient (Wildman–Crippen LogP) is 0.911. The summed E-state index contributed by atoms with van der Waals surface area (Å²) >= 11 is 0. The second-order valence-electron chi connectivity index (χ2n) is 5.20. The number of carbonyl (C=O) groups excluding carboxylic acids is 1. The number of hydrogen-bond donors (Lipinski definition) is 1. The van der Waals surface area contributed by atoms with Gasteiger partial charge in [0.25, 0.3) is 0 Å². The molecule has 0 aromatic carbocycles. The van der Waals surface area contributed by atoms with Crippen LogP contribution in [0.1, 0.15) is 24.8 Å². The van der Waals surface area contributed by atoms with Crippen molar-refractivity contribution in [2.24, 2.45) is 7.05 Å². The minimum atomic E-state index is -0.923. The topological polar surface area (TPSA) is 78.7 Å². The molecule has 1 saturated heterocycles. The average molecular weight is 280 g/mol. The van der Waals surface area contributed by atoms with E-state index in [1.807, 2.05) is 13.2 Å². The number of aliphatic carboxylic acids is 1. The fourth-order valence-electron chi connectivity index (χ4n) is 2.53. The molecule has 110 valence electrons. The van der Waals surface area contributed by atoms with Gasteiger partial charge in [-0.25, -0.2) is 9.59 Å². The van der Waals surface area contributed by atoms with Crippen molar-refractivity contribution in [3.05, 3.63) is 18.0 Å². The summed E-state index contributed by atoms with van der Waals surface area (Å²) in [5, 5.41) is 13.3. The van der Waals surface area contributed by atoms with Gasteiger partial charge in [-0.3, -0.25) is 4.68 Å². The fraction of sp³-hybridized carbons (Fsp3) is 0.615. The van der Waals surface area contributed by atoms with Crippen LogP contribution in [0.2, 0.25) is 0 Å². The van der Waals surface area contributed by atoms with Gasteiger partial charge in [0.15, 0.2) is 0 Å². The van der Waals surface area contributed by atoms with E-state index >= 15 is 0 Å². The lowest BCUT2D eigenvalue weighted by molar-refractivity contribution is -0.143. The van der Waals surface area contributed by atoms with Crippen LogP contribution in [0.5, 0.6) is 0 Å². The van der Waals surface area contributed by atoms with Gasteiger partial charge in [0.2, 0.25) is 0 Å². The van der Waals surface area contributed by atoms with E-state index in [1.165, 1.54) is 9.80 Å². The molecule has 1 aromatic rings. The number of carboxylic acids is 1. The Kier molecular flexibility index (Phi) is 4.26. The first-order valence-electron chi connectivity index (χ1n) is 6.71. The first kappa shape index (κ1) is 14.4. The normalized spacial score (nSPS) is 18.9. The zero-order valence-corrected chi connectivity index (χ0v) is 11.8. The maximum atomic E-state index is 12.4. The van der Waals surface area contributed by atoms with Crippen LogP contribution < -0.4 is 0 Å². The molecule has 1 fully saturated rings. The molecule has 1 aromatic heterocycles. The van der Waals surface area contributed by atoms with Gasteiger partial charge in [-0.15, -0.1) is 0 Å². The summed E-state index contributed by atoms with van der Waals surface area (Å²) in [4.78, 5) is 26.6. The van der Waals surface area contributed by atoms with Crippen LogP contribution in [0.15, 0.2) is 12.4 Å². The van der Waals surface area contributed by atoms with Crippen LogP contribution in [0.25, 0.3) is 0 Å². The van der Waals surface area contributed by atoms with Crippen LogP contribution in [0, 0.1) is 0 Å². The molecule has 1 N–H and O–H groups in total. The SMILES string of the molecule is CN(Cc1cnn(C)c1)C(=O)N1CCCCC1C(=O)O.